The highest BCUT2D eigenvalue weighted by atomic mass is 16.7. The predicted molar refractivity (Wildman–Crippen MR) is 146 cm³/mol. The van der Waals surface area contributed by atoms with Crippen LogP contribution in [0.1, 0.15) is 34.0 Å². The number of benzene rings is 3. The maximum Gasteiger partial charge on any atom is 0.330 e. The van der Waals surface area contributed by atoms with E-state index in [1.54, 1.807) is 12.1 Å². The summed E-state index contributed by atoms with van der Waals surface area (Å²) in [5.41, 5.74) is 0.894. The number of carbonyl (C=O) groups excluding carboxylic acids is 2. The lowest BCUT2D eigenvalue weighted by molar-refractivity contribution is -0.278. The lowest BCUT2D eigenvalue weighted by atomic mass is 9.95. The van der Waals surface area contributed by atoms with Crippen LogP contribution in [0.2, 0.25) is 0 Å². The molecule has 13 heteroatoms. The molecule has 43 heavy (non-hydrogen) atoms. The molecular formula is C30H28O13. The van der Waals surface area contributed by atoms with E-state index < -0.39 is 60.9 Å². The largest absolute Gasteiger partial charge is 0.508 e. The molecule has 0 radical (unpaired) electrons. The van der Waals surface area contributed by atoms with Crippen molar-refractivity contribution >= 4 is 17.8 Å². The van der Waals surface area contributed by atoms with Crippen LogP contribution >= 0.6 is 0 Å². The Labute approximate surface area is 244 Å². The highest BCUT2D eigenvalue weighted by molar-refractivity contribution is 6.02. The molecule has 6 atom stereocenters. The summed E-state index contributed by atoms with van der Waals surface area (Å²) in [7, 11) is 0. The van der Waals surface area contributed by atoms with E-state index in [-0.39, 0.29) is 40.7 Å². The summed E-state index contributed by atoms with van der Waals surface area (Å²) in [5, 5.41) is 70.9. The Morgan fingerprint density at radius 2 is 1.63 bits per heavy atom. The lowest BCUT2D eigenvalue weighted by Gasteiger charge is -2.40. The van der Waals surface area contributed by atoms with Gasteiger partial charge in [-0.1, -0.05) is 18.2 Å². The smallest absolute Gasteiger partial charge is 0.330 e. The van der Waals surface area contributed by atoms with Crippen LogP contribution in [0.15, 0.2) is 60.7 Å². The maximum atomic E-state index is 12.7. The van der Waals surface area contributed by atoms with Crippen LogP contribution in [0, 0.1) is 0 Å². The summed E-state index contributed by atoms with van der Waals surface area (Å²) >= 11 is 0. The minimum atomic E-state index is -1.77. The van der Waals surface area contributed by atoms with E-state index in [4.69, 9.17) is 18.9 Å². The van der Waals surface area contributed by atoms with Crippen molar-refractivity contribution in [3.8, 4) is 34.5 Å². The highest BCUT2D eigenvalue weighted by Crippen LogP contribution is 2.43. The van der Waals surface area contributed by atoms with Crippen LogP contribution < -0.4 is 9.47 Å². The van der Waals surface area contributed by atoms with Gasteiger partial charge in [-0.15, -0.1) is 0 Å². The van der Waals surface area contributed by atoms with Gasteiger partial charge in [0.25, 0.3) is 0 Å². The molecule has 2 aliphatic heterocycles. The normalized spacial score (nSPS) is 25.1. The molecule has 13 nitrogen and oxygen atoms in total. The number of Topliss-reactive ketones (excluding diaryl/α,β-unsaturated/α-hetero) is 1. The summed E-state index contributed by atoms with van der Waals surface area (Å²) in [5.74, 6) is -2.56. The van der Waals surface area contributed by atoms with Crippen molar-refractivity contribution in [2.45, 2.75) is 43.2 Å². The van der Waals surface area contributed by atoms with E-state index in [9.17, 15) is 45.3 Å². The Morgan fingerprint density at radius 3 is 2.37 bits per heavy atom. The number of fused-ring (bicyclic) bond motifs is 1. The Hall–Kier alpha value is -4.82. The second kappa shape index (κ2) is 12.2. The van der Waals surface area contributed by atoms with Crippen molar-refractivity contribution in [1.29, 1.82) is 0 Å². The Kier molecular flexibility index (Phi) is 8.41. The zero-order valence-electron chi connectivity index (χ0n) is 22.3. The van der Waals surface area contributed by atoms with Crippen LogP contribution in [0.25, 0.3) is 6.08 Å². The Balaban J connectivity index is 1.27. The minimum absolute atomic E-state index is 0.0345. The van der Waals surface area contributed by atoms with Gasteiger partial charge in [-0.2, -0.15) is 0 Å². The van der Waals surface area contributed by atoms with Gasteiger partial charge < -0.3 is 54.7 Å². The molecule has 0 aliphatic carbocycles. The number of carbonyl (C=O) groups is 2. The second-order valence-electron chi connectivity index (χ2n) is 9.99. The molecule has 0 spiro atoms. The van der Waals surface area contributed by atoms with Crippen molar-refractivity contribution in [3.63, 3.8) is 0 Å². The number of aromatic hydroxyl groups is 4. The van der Waals surface area contributed by atoms with Gasteiger partial charge in [-0.05, 0) is 41.5 Å². The number of esters is 1. The van der Waals surface area contributed by atoms with E-state index >= 15 is 0 Å². The molecule has 7 N–H and O–H groups in total. The SMILES string of the molecule is O=C(/C=C/c1ccc(O)cc1)OCC1O[C@@H](Oc2cc([C@@H]3CC(=O)c4c(O)cc(O)cc4O3)ccc2O)C(O)[C@@H](O)[C@@H]1O. The number of ether oxygens (including phenoxy) is 4. The van der Waals surface area contributed by atoms with Gasteiger partial charge in [-0.25, -0.2) is 4.79 Å². The van der Waals surface area contributed by atoms with Crippen LogP contribution in [0.3, 0.4) is 0 Å². The third kappa shape index (κ3) is 6.49. The van der Waals surface area contributed by atoms with E-state index in [2.05, 4.69) is 0 Å². The summed E-state index contributed by atoms with van der Waals surface area (Å²) in [6.45, 7) is -0.521. The molecule has 3 aromatic rings. The van der Waals surface area contributed by atoms with E-state index in [0.29, 0.717) is 11.1 Å². The van der Waals surface area contributed by atoms with Crippen molar-refractivity contribution in [3.05, 3.63) is 77.4 Å². The topological polar surface area (TPSA) is 213 Å². The minimum Gasteiger partial charge on any atom is -0.508 e. The van der Waals surface area contributed by atoms with Gasteiger partial charge in [0.15, 0.2) is 17.3 Å². The fourth-order valence-corrected chi connectivity index (χ4v) is 4.68. The van der Waals surface area contributed by atoms with Gasteiger partial charge in [-0.3, -0.25) is 4.79 Å². The Morgan fingerprint density at radius 1 is 0.884 bits per heavy atom. The van der Waals surface area contributed by atoms with Crippen LogP contribution in [0.5, 0.6) is 34.5 Å². The van der Waals surface area contributed by atoms with Crippen molar-refractivity contribution in [2.75, 3.05) is 6.61 Å². The fourth-order valence-electron chi connectivity index (χ4n) is 4.68. The monoisotopic (exact) mass is 596 g/mol. The van der Waals surface area contributed by atoms with Crippen LogP contribution in [-0.2, 0) is 14.3 Å². The maximum absolute atomic E-state index is 12.7. The fraction of sp³-hybridized carbons (Fsp3) is 0.267. The van der Waals surface area contributed by atoms with Crippen molar-refractivity contribution in [1.82, 2.24) is 0 Å². The molecule has 1 fully saturated rings. The average Bonchev–Trinajstić information content (AvgIpc) is 2.96. The average molecular weight is 597 g/mol. The zero-order chi connectivity index (χ0) is 30.8. The Bertz CT molecular complexity index is 1530. The molecule has 0 saturated carbocycles. The number of hydrogen-bond donors (Lipinski definition) is 7. The summed E-state index contributed by atoms with van der Waals surface area (Å²) in [4.78, 5) is 24.9. The number of hydrogen-bond acceptors (Lipinski definition) is 13. The van der Waals surface area contributed by atoms with E-state index in [1.165, 1.54) is 42.5 Å². The number of phenols is 4. The van der Waals surface area contributed by atoms with Gasteiger partial charge in [0.1, 0.15) is 65.7 Å². The molecule has 3 aromatic carbocycles. The first-order valence-corrected chi connectivity index (χ1v) is 13.1. The molecule has 2 aliphatic rings. The number of ketones is 1. The standard InChI is InChI=1S/C30H28O13/c31-16-5-1-14(2-6-16)3-8-25(36)40-13-24-27(37)28(38)29(39)30(43-24)42-22-9-15(4-7-18(22)33)21-12-20(35)26-19(34)10-17(32)11-23(26)41-21/h1-11,21,24,27-34,37-39H,12-13H2/b8-3+/t21-,24?,27+,28-,29?,30+/m0/s1. The second-order valence-corrected chi connectivity index (χ2v) is 9.99. The molecular weight excluding hydrogens is 568 g/mol. The van der Waals surface area contributed by atoms with Gasteiger partial charge in [0, 0.05) is 18.2 Å². The van der Waals surface area contributed by atoms with E-state index in [0.717, 1.165) is 12.1 Å². The predicted octanol–water partition coefficient (Wildman–Crippen LogP) is 1.66. The first-order chi connectivity index (χ1) is 20.5. The van der Waals surface area contributed by atoms with Crippen molar-refractivity contribution in [2.24, 2.45) is 0 Å². The number of aliphatic hydroxyl groups excluding tert-OH is 3. The van der Waals surface area contributed by atoms with Gasteiger partial charge in [0.2, 0.25) is 6.29 Å². The molecule has 226 valence electrons. The first-order valence-electron chi connectivity index (χ1n) is 13.1. The molecule has 2 heterocycles. The molecule has 0 aromatic heterocycles. The summed E-state index contributed by atoms with van der Waals surface area (Å²) in [6.07, 6.45) is -6.67. The highest BCUT2D eigenvalue weighted by Gasteiger charge is 2.45. The van der Waals surface area contributed by atoms with Crippen LogP contribution in [-0.4, -0.2) is 84.8 Å². The van der Waals surface area contributed by atoms with Crippen molar-refractivity contribution < 1.29 is 64.3 Å². The molecule has 0 bridgehead atoms. The summed E-state index contributed by atoms with van der Waals surface area (Å²) < 4.78 is 22.2. The molecule has 5 rings (SSSR count). The number of aliphatic hydroxyl groups is 3. The lowest BCUT2D eigenvalue weighted by Crippen LogP contribution is -2.60. The van der Waals surface area contributed by atoms with Crippen LogP contribution in [0.4, 0.5) is 0 Å². The molecule has 1 saturated heterocycles. The third-order valence-electron chi connectivity index (χ3n) is 6.95. The van der Waals surface area contributed by atoms with E-state index in [1.807, 2.05) is 0 Å². The first kappa shape index (κ1) is 29.7. The quantitative estimate of drug-likeness (QED) is 0.153. The third-order valence-corrected chi connectivity index (χ3v) is 6.95. The van der Waals surface area contributed by atoms with Gasteiger partial charge >= 0.3 is 5.97 Å². The van der Waals surface area contributed by atoms with Gasteiger partial charge in [0.05, 0.1) is 6.42 Å². The number of phenolic OH excluding ortho intramolecular Hbond substituents is 4. The number of rotatable bonds is 7. The molecule has 0 amide bonds. The molecule has 2 unspecified atom stereocenters. The summed E-state index contributed by atoms with van der Waals surface area (Å²) in [6, 6.07) is 12.3. The zero-order valence-corrected chi connectivity index (χ0v) is 22.3.